The maximum atomic E-state index is 13.4. The minimum absolute atomic E-state index is 0.0132. The van der Waals surface area contributed by atoms with Crippen LogP contribution in [0.15, 0.2) is 58.2 Å². The molecule has 1 aliphatic heterocycles. The smallest absolute Gasteiger partial charge is 0.335 e. The summed E-state index contributed by atoms with van der Waals surface area (Å²) in [7, 11) is 0. The summed E-state index contributed by atoms with van der Waals surface area (Å²) in [5.74, 6) is -1.65. The highest BCUT2D eigenvalue weighted by Gasteiger charge is 2.44. The van der Waals surface area contributed by atoms with Crippen molar-refractivity contribution in [3.63, 3.8) is 0 Å². The Balaban J connectivity index is 1.94. The highest BCUT2D eigenvalue weighted by molar-refractivity contribution is 9.10. The summed E-state index contributed by atoms with van der Waals surface area (Å²) in [5, 5.41) is 9.69. The maximum Gasteiger partial charge on any atom is 0.335 e. The molecular weight excluding hydrogens is 482 g/mol. The second-order valence-corrected chi connectivity index (χ2v) is 10.1. The van der Waals surface area contributed by atoms with E-state index in [2.05, 4.69) is 15.9 Å². The third-order valence-electron chi connectivity index (χ3n) is 5.83. The molecule has 4 rings (SSSR count). The molecule has 0 spiro atoms. The lowest BCUT2D eigenvalue weighted by atomic mass is 9.69. The van der Waals surface area contributed by atoms with Gasteiger partial charge in [-0.3, -0.25) is 14.5 Å². The number of hydrogen-bond acceptors (Lipinski definition) is 3. The van der Waals surface area contributed by atoms with Crippen LogP contribution in [-0.4, -0.2) is 22.8 Å². The van der Waals surface area contributed by atoms with E-state index in [1.165, 1.54) is 23.1 Å². The summed E-state index contributed by atoms with van der Waals surface area (Å²) in [6.07, 6.45) is 1.01. The zero-order valence-electron chi connectivity index (χ0n) is 17.1. The quantitative estimate of drug-likeness (QED) is 0.561. The highest BCUT2D eigenvalue weighted by Crippen LogP contribution is 2.49. The number of halogens is 2. The third-order valence-corrected chi connectivity index (χ3v) is 6.64. The van der Waals surface area contributed by atoms with Gasteiger partial charge < -0.3 is 5.11 Å². The molecule has 1 atom stereocenters. The van der Waals surface area contributed by atoms with Gasteiger partial charge >= 0.3 is 5.97 Å². The Kier molecular flexibility index (Phi) is 5.56. The van der Waals surface area contributed by atoms with E-state index in [1.807, 2.05) is 38.1 Å². The van der Waals surface area contributed by atoms with E-state index in [9.17, 15) is 19.5 Å². The molecule has 7 heteroatoms. The number of nitrogens with zero attached hydrogens (tertiary/aromatic N) is 1. The summed E-state index contributed by atoms with van der Waals surface area (Å²) in [4.78, 5) is 39.7. The molecule has 31 heavy (non-hydrogen) atoms. The molecule has 2 aliphatic rings. The van der Waals surface area contributed by atoms with E-state index in [4.69, 9.17) is 11.6 Å². The number of hydrogen-bond donors (Lipinski definition) is 1. The monoisotopic (exact) mass is 501 g/mol. The predicted octanol–water partition coefficient (Wildman–Crippen LogP) is 5.96. The Morgan fingerprint density at radius 3 is 2.58 bits per heavy atom. The number of anilines is 1. The zero-order chi connectivity index (χ0) is 22.5. The van der Waals surface area contributed by atoms with Crippen molar-refractivity contribution in [3.05, 3.63) is 74.4 Å². The summed E-state index contributed by atoms with van der Waals surface area (Å²) in [6.45, 7) is 3.99. The Labute approximate surface area is 193 Å². The molecule has 5 nitrogen and oxygen atoms in total. The summed E-state index contributed by atoms with van der Waals surface area (Å²) < 4.78 is 0.878. The third kappa shape index (κ3) is 4.06. The molecule has 160 valence electrons. The van der Waals surface area contributed by atoms with Gasteiger partial charge in [0.15, 0.2) is 5.78 Å². The maximum absolute atomic E-state index is 13.4. The number of benzene rings is 2. The molecule has 1 amide bonds. The lowest BCUT2D eigenvalue weighted by molar-refractivity contribution is -0.121. The average molecular weight is 503 g/mol. The number of carboxylic acids is 1. The van der Waals surface area contributed by atoms with Crippen molar-refractivity contribution in [1.82, 2.24) is 0 Å². The summed E-state index contributed by atoms with van der Waals surface area (Å²) in [6, 6.07) is 11.9. The Morgan fingerprint density at radius 2 is 1.90 bits per heavy atom. The van der Waals surface area contributed by atoms with Crippen LogP contribution in [-0.2, 0) is 9.59 Å². The van der Waals surface area contributed by atoms with Gasteiger partial charge in [-0.2, -0.15) is 0 Å². The van der Waals surface area contributed by atoms with Gasteiger partial charge in [0.2, 0.25) is 5.91 Å². The molecule has 2 aromatic carbocycles. The van der Waals surface area contributed by atoms with E-state index < -0.39 is 5.97 Å². The topological polar surface area (TPSA) is 74.7 Å². The second-order valence-electron chi connectivity index (χ2n) is 8.81. The van der Waals surface area contributed by atoms with Gasteiger partial charge in [-0.05, 0) is 47.7 Å². The largest absolute Gasteiger partial charge is 0.478 e. The van der Waals surface area contributed by atoms with Crippen molar-refractivity contribution < 1.29 is 19.5 Å². The molecule has 0 bridgehead atoms. The van der Waals surface area contributed by atoms with Gasteiger partial charge in [0, 0.05) is 34.5 Å². The van der Waals surface area contributed by atoms with Gasteiger partial charge in [-0.25, -0.2) is 4.79 Å². The van der Waals surface area contributed by atoms with Crippen LogP contribution in [0.1, 0.15) is 54.9 Å². The Bertz CT molecular complexity index is 1150. The number of aromatic carboxylic acids is 1. The molecule has 1 unspecified atom stereocenters. The fourth-order valence-electron chi connectivity index (χ4n) is 4.52. The molecule has 1 aliphatic carbocycles. The molecule has 0 fully saturated rings. The van der Waals surface area contributed by atoms with Crippen LogP contribution in [0.4, 0.5) is 5.69 Å². The van der Waals surface area contributed by atoms with Crippen LogP contribution in [0.25, 0.3) is 0 Å². The van der Waals surface area contributed by atoms with Crippen molar-refractivity contribution in [2.24, 2.45) is 5.41 Å². The Morgan fingerprint density at radius 1 is 1.16 bits per heavy atom. The molecule has 1 N–H and O–H groups in total. The standard InChI is InChI=1S/C24H21BrClNO4/c1-24(2)11-19-22(20(28)12-24)16(13-4-3-5-15(25)8-13)10-21(29)27(19)18-9-14(23(30)31)6-7-17(18)26/h3-9,16H,10-12H2,1-2H3,(H,30,31). The summed E-state index contributed by atoms with van der Waals surface area (Å²) in [5.41, 5.74) is 2.14. The average Bonchev–Trinajstić information content (AvgIpc) is 2.67. The van der Waals surface area contributed by atoms with Crippen LogP contribution in [0.3, 0.4) is 0 Å². The number of carbonyl (C=O) groups is 3. The zero-order valence-corrected chi connectivity index (χ0v) is 19.5. The van der Waals surface area contributed by atoms with E-state index in [0.29, 0.717) is 29.8 Å². The number of amides is 1. The van der Waals surface area contributed by atoms with E-state index in [0.717, 1.165) is 10.0 Å². The number of rotatable bonds is 3. The van der Waals surface area contributed by atoms with Crippen LogP contribution >= 0.6 is 27.5 Å². The van der Waals surface area contributed by atoms with E-state index in [-0.39, 0.29) is 40.0 Å². The highest BCUT2D eigenvalue weighted by atomic mass is 79.9. The molecule has 1 heterocycles. The molecular formula is C24H21BrClNO4. The lowest BCUT2D eigenvalue weighted by Crippen LogP contribution is -2.44. The molecule has 0 saturated heterocycles. The molecule has 0 aromatic heterocycles. The van der Waals surface area contributed by atoms with Crippen LogP contribution < -0.4 is 4.90 Å². The fourth-order valence-corrected chi connectivity index (χ4v) is 5.14. The number of carboxylic acid groups (broad SMARTS) is 1. The minimum atomic E-state index is -1.11. The van der Waals surface area contributed by atoms with Crippen molar-refractivity contribution in [2.45, 2.75) is 39.0 Å². The summed E-state index contributed by atoms with van der Waals surface area (Å²) >= 11 is 9.89. The van der Waals surface area contributed by atoms with Crippen molar-refractivity contribution in [1.29, 1.82) is 0 Å². The number of Topliss-reactive ketones (excluding diaryl/α,β-unsaturated/α-hetero) is 1. The normalized spacial score (nSPS) is 20.6. The van der Waals surface area contributed by atoms with Crippen LogP contribution in [0, 0.1) is 5.41 Å². The molecule has 0 radical (unpaired) electrons. The van der Waals surface area contributed by atoms with Gasteiger partial charge in [-0.15, -0.1) is 0 Å². The van der Waals surface area contributed by atoms with Gasteiger partial charge in [0.05, 0.1) is 16.3 Å². The van der Waals surface area contributed by atoms with E-state index in [1.54, 1.807) is 0 Å². The van der Waals surface area contributed by atoms with Crippen molar-refractivity contribution in [3.8, 4) is 0 Å². The number of ketones is 1. The number of allylic oxidation sites excluding steroid dienone is 2. The first-order valence-electron chi connectivity index (χ1n) is 9.95. The minimum Gasteiger partial charge on any atom is -0.478 e. The first-order valence-corrected chi connectivity index (χ1v) is 11.1. The molecule has 2 aromatic rings. The first kappa shape index (κ1) is 21.8. The second kappa shape index (κ2) is 7.92. The van der Waals surface area contributed by atoms with Gasteiger partial charge in [-0.1, -0.05) is 53.5 Å². The van der Waals surface area contributed by atoms with Gasteiger partial charge in [0.1, 0.15) is 0 Å². The van der Waals surface area contributed by atoms with Gasteiger partial charge in [0.25, 0.3) is 0 Å². The van der Waals surface area contributed by atoms with Crippen molar-refractivity contribution >= 4 is 50.9 Å². The molecule has 0 saturated carbocycles. The number of carbonyl (C=O) groups excluding carboxylic acids is 2. The predicted molar refractivity (Wildman–Crippen MR) is 122 cm³/mol. The fraction of sp³-hybridized carbons (Fsp3) is 0.292. The first-order chi connectivity index (χ1) is 14.6. The van der Waals surface area contributed by atoms with Crippen LogP contribution in [0.2, 0.25) is 5.02 Å². The van der Waals surface area contributed by atoms with Crippen molar-refractivity contribution in [2.75, 3.05) is 4.90 Å². The lowest BCUT2D eigenvalue weighted by Gasteiger charge is -2.43. The van der Waals surface area contributed by atoms with E-state index >= 15 is 0 Å². The van der Waals surface area contributed by atoms with Crippen LogP contribution in [0.5, 0.6) is 0 Å². The SMILES string of the molecule is CC1(C)CC(=O)C2=C(C1)N(c1cc(C(=O)O)ccc1Cl)C(=O)CC2c1cccc(Br)c1. The Hall–Kier alpha value is -2.44.